The Bertz CT molecular complexity index is 566. The maximum Gasteiger partial charge on any atom is 0.471 e. The zero-order chi connectivity index (χ0) is 16.7. The molecule has 21 heavy (non-hydrogen) atoms. The molecule has 0 saturated carbocycles. The van der Waals surface area contributed by atoms with Gasteiger partial charge in [0.2, 0.25) is 34.8 Å². The monoisotopic (exact) mass is 330 g/mol. The molecule has 0 aromatic heterocycles. The predicted molar refractivity (Wildman–Crippen MR) is 42.9 cm³/mol. The molecule has 1 unspecified atom stereocenters. The van der Waals surface area contributed by atoms with Crippen molar-refractivity contribution in [3.05, 3.63) is 29.1 Å². The van der Waals surface area contributed by atoms with Gasteiger partial charge in [0.25, 0.3) is 0 Å². The van der Waals surface area contributed by atoms with Gasteiger partial charge in [0.15, 0.2) is 0 Å². The van der Waals surface area contributed by atoms with E-state index in [1.807, 2.05) is 0 Å². The number of halogens is 10. The van der Waals surface area contributed by atoms with Gasteiger partial charge in [0, 0.05) is 0 Å². The Morgan fingerprint density at radius 3 is 1.38 bits per heavy atom. The van der Waals surface area contributed by atoms with Crippen molar-refractivity contribution in [2.24, 2.45) is 0 Å². The van der Waals surface area contributed by atoms with Crippen molar-refractivity contribution in [2.75, 3.05) is 0 Å². The summed E-state index contributed by atoms with van der Waals surface area (Å²) in [5, 5.41) is 0. The lowest BCUT2D eigenvalue weighted by Crippen LogP contribution is -2.51. The highest BCUT2D eigenvalue weighted by Crippen LogP contribution is 2.40. The third kappa shape index (κ3) is 2.61. The number of rotatable bonds is 3. The lowest BCUT2D eigenvalue weighted by Gasteiger charge is -2.24. The zero-order valence-corrected chi connectivity index (χ0v) is 9.10. The molecule has 0 bridgehead atoms. The number of alkyl halides is 4. The maximum absolute atomic E-state index is 13.1. The topological polar surface area (TPSA) is 26.3 Å². The summed E-state index contributed by atoms with van der Waals surface area (Å²) in [6, 6.07) is -3.90. The first-order valence-electron chi connectivity index (χ1n) is 4.50. The average Bonchev–Trinajstić information content (AvgIpc) is 2.37. The van der Waals surface area contributed by atoms with E-state index in [2.05, 4.69) is 4.74 Å². The first-order valence-corrected chi connectivity index (χ1v) is 4.50. The number of hydrogen-bond donors (Lipinski definition) is 0. The molecule has 12 heteroatoms. The Hall–Kier alpha value is -2.01. The maximum atomic E-state index is 13.1. The minimum Gasteiger partial charge on any atom is -0.436 e. The van der Waals surface area contributed by atoms with E-state index in [0.717, 1.165) is 0 Å². The molecule has 0 fully saturated rings. The second kappa shape index (κ2) is 5.07. The van der Waals surface area contributed by atoms with E-state index >= 15 is 0 Å². The minimum atomic E-state index is -6.49. The highest BCUT2D eigenvalue weighted by atomic mass is 19.4. The summed E-state index contributed by atoms with van der Waals surface area (Å²) < 4.78 is 128. The van der Waals surface area contributed by atoms with Crippen molar-refractivity contribution in [3.63, 3.8) is 0 Å². The van der Waals surface area contributed by atoms with Crippen LogP contribution in [0.5, 0.6) is 5.75 Å². The highest BCUT2D eigenvalue weighted by Gasteiger charge is 2.66. The number of carbonyl (C=O) groups excluding carboxylic acids is 1. The fraction of sp³-hybridized carbons (Fsp3) is 0.222. The van der Waals surface area contributed by atoms with Gasteiger partial charge in [0.1, 0.15) is 0 Å². The first-order chi connectivity index (χ1) is 9.34. The van der Waals surface area contributed by atoms with E-state index in [-0.39, 0.29) is 0 Å². The molecule has 1 aromatic rings. The van der Waals surface area contributed by atoms with Crippen molar-refractivity contribution < 1.29 is 53.4 Å². The van der Waals surface area contributed by atoms with E-state index in [0.29, 0.717) is 0 Å². The largest absolute Gasteiger partial charge is 0.471 e. The Morgan fingerprint density at radius 2 is 1.10 bits per heavy atom. The number of benzene rings is 1. The van der Waals surface area contributed by atoms with Crippen molar-refractivity contribution in [3.8, 4) is 5.75 Å². The van der Waals surface area contributed by atoms with Gasteiger partial charge in [-0.05, 0) is 0 Å². The second-order valence-corrected chi connectivity index (χ2v) is 3.37. The predicted octanol–water partition coefficient (Wildman–Crippen LogP) is 3.49. The van der Waals surface area contributed by atoms with Crippen LogP contribution in [0.1, 0.15) is 0 Å². The molecule has 0 heterocycles. The minimum absolute atomic E-state index is 2.78. The van der Waals surface area contributed by atoms with Gasteiger partial charge in [-0.1, -0.05) is 0 Å². The van der Waals surface area contributed by atoms with Gasteiger partial charge in [-0.25, -0.2) is 13.2 Å². The van der Waals surface area contributed by atoms with Crippen LogP contribution in [0.4, 0.5) is 43.9 Å². The fourth-order valence-electron chi connectivity index (χ4n) is 1.02. The van der Waals surface area contributed by atoms with Crippen molar-refractivity contribution in [2.45, 2.75) is 12.0 Å². The Balaban J connectivity index is 3.53. The Morgan fingerprint density at radius 1 is 0.762 bits per heavy atom. The SMILES string of the molecule is O=C(F)C(F)(Oc1c(F)c(F)c(F)c(F)c1F)C(F)(F)F. The van der Waals surface area contributed by atoms with Crippen LogP contribution in [-0.4, -0.2) is 18.1 Å². The van der Waals surface area contributed by atoms with Crippen LogP contribution in [0.2, 0.25) is 0 Å². The molecule has 2 nitrogen and oxygen atoms in total. The van der Waals surface area contributed by atoms with E-state index in [1.54, 1.807) is 0 Å². The van der Waals surface area contributed by atoms with Crippen LogP contribution in [0, 0.1) is 29.1 Å². The molecule has 0 spiro atoms. The quantitative estimate of drug-likeness (QED) is 0.367. The summed E-state index contributed by atoms with van der Waals surface area (Å²) in [4.78, 5) is 9.98. The van der Waals surface area contributed by atoms with Gasteiger partial charge < -0.3 is 4.74 Å². The molecule has 118 valence electrons. The zero-order valence-electron chi connectivity index (χ0n) is 9.10. The number of carbonyl (C=O) groups is 1. The van der Waals surface area contributed by atoms with E-state index in [1.165, 1.54) is 0 Å². The molecule has 1 aromatic carbocycles. The molecule has 1 rings (SSSR count). The van der Waals surface area contributed by atoms with Gasteiger partial charge in [0.05, 0.1) is 0 Å². The van der Waals surface area contributed by atoms with Crippen LogP contribution in [0.25, 0.3) is 0 Å². The smallest absolute Gasteiger partial charge is 0.436 e. The summed E-state index contributed by atoms with van der Waals surface area (Å²) in [7, 11) is 0. The van der Waals surface area contributed by atoms with Crippen LogP contribution in [0.15, 0.2) is 0 Å². The highest BCUT2D eigenvalue weighted by molar-refractivity contribution is 5.78. The molecular formula is C9F10O2. The van der Waals surface area contributed by atoms with Crippen LogP contribution in [-0.2, 0) is 4.79 Å². The van der Waals surface area contributed by atoms with Crippen LogP contribution >= 0.6 is 0 Å². The summed E-state index contributed by atoms with van der Waals surface area (Å²) in [5.74, 6) is -23.1. The summed E-state index contributed by atoms with van der Waals surface area (Å²) in [6.07, 6.45) is -6.49. The average molecular weight is 330 g/mol. The van der Waals surface area contributed by atoms with Gasteiger partial charge in [-0.2, -0.15) is 30.7 Å². The van der Waals surface area contributed by atoms with Gasteiger partial charge in [-0.3, -0.25) is 4.79 Å². The normalized spacial score (nSPS) is 14.8. The molecule has 1 atom stereocenters. The fourth-order valence-corrected chi connectivity index (χ4v) is 1.02. The van der Waals surface area contributed by atoms with E-state index < -0.39 is 52.9 Å². The summed E-state index contributed by atoms with van der Waals surface area (Å²) in [5.41, 5.74) is 0. The van der Waals surface area contributed by atoms with Crippen molar-refractivity contribution in [1.29, 1.82) is 0 Å². The standard InChI is InChI=1S/C9F10O2/c10-1-2(11)4(13)6(5(14)3(1)12)21-8(16,7(15)20)9(17,18)19. The molecular weight excluding hydrogens is 330 g/mol. The molecule has 0 radical (unpaired) electrons. The molecule has 0 aliphatic carbocycles. The lowest BCUT2D eigenvalue weighted by molar-refractivity contribution is -0.292. The summed E-state index contributed by atoms with van der Waals surface area (Å²) in [6.45, 7) is 0. The third-order valence-corrected chi connectivity index (χ3v) is 2.03. The first kappa shape index (κ1) is 17.0. The Labute approximate surface area is 107 Å². The van der Waals surface area contributed by atoms with Crippen molar-refractivity contribution >= 4 is 6.04 Å². The van der Waals surface area contributed by atoms with E-state index in [9.17, 15) is 48.7 Å². The number of ether oxygens (including phenoxy) is 1. The Kier molecular flexibility index (Phi) is 4.12. The molecule has 0 aliphatic rings. The number of hydrogen-bond acceptors (Lipinski definition) is 2. The van der Waals surface area contributed by atoms with Crippen molar-refractivity contribution in [1.82, 2.24) is 0 Å². The molecule has 0 N–H and O–H groups in total. The van der Waals surface area contributed by atoms with E-state index in [4.69, 9.17) is 0 Å². The van der Waals surface area contributed by atoms with Gasteiger partial charge in [-0.15, -0.1) is 0 Å². The third-order valence-electron chi connectivity index (χ3n) is 2.03. The molecule has 0 amide bonds. The molecule has 0 saturated heterocycles. The molecule has 0 aliphatic heterocycles. The van der Waals surface area contributed by atoms with Crippen LogP contribution in [0.3, 0.4) is 0 Å². The summed E-state index contributed by atoms with van der Waals surface area (Å²) >= 11 is 0. The second-order valence-electron chi connectivity index (χ2n) is 3.37. The lowest BCUT2D eigenvalue weighted by atomic mass is 10.2. The van der Waals surface area contributed by atoms with Gasteiger partial charge >= 0.3 is 18.1 Å². The van der Waals surface area contributed by atoms with Crippen LogP contribution < -0.4 is 4.74 Å².